The maximum atomic E-state index is 12.7. The first kappa shape index (κ1) is 21.0. The van der Waals surface area contributed by atoms with Crippen molar-refractivity contribution in [2.24, 2.45) is 5.92 Å². The summed E-state index contributed by atoms with van der Waals surface area (Å²) in [4.78, 5) is 24.1. The molecule has 1 aromatic carbocycles. The number of rotatable bonds is 7. The minimum absolute atomic E-state index is 0.183. The van der Waals surface area contributed by atoms with E-state index in [2.05, 4.69) is 27.1 Å². The zero-order valence-electron chi connectivity index (χ0n) is 17.3. The van der Waals surface area contributed by atoms with Gasteiger partial charge in [-0.2, -0.15) is 0 Å². The quantitative estimate of drug-likeness (QED) is 0.559. The zero-order valence-corrected chi connectivity index (χ0v) is 18.9. The van der Waals surface area contributed by atoms with Crippen molar-refractivity contribution in [1.29, 1.82) is 0 Å². The minimum atomic E-state index is -0.183. The van der Waals surface area contributed by atoms with Crippen LogP contribution in [0.1, 0.15) is 46.5 Å². The Morgan fingerprint density at radius 2 is 2.13 bits per heavy atom. The molecule has 1 aliphatic rings. The average Bonchev–Trinajstić information content (AvgIpc) is 3.35. The van der Waals surface area contributed by atoms with Gasteiger partial charge in [-0.25, -0.2) is 9.97 Å². The standard InChI is InChI=1S/C22H26N4O2S2/c1-15-5-4-8-26(10-15)11-18-13-30-22(24-18)25-21(27)17-6-3-7-20(9-17)28-12-19-14-29-16(2)23-19/h3,6-7,9,13-15H,4-5,8,10-12H2,1-2H3,(H,24,25,27). The number of anilines is 1. The summed E-state index contributed by atoms with van der Waals surface area (Å²) in [5.74, 6) is 1.20. The summed E-state index contributed by atoms with van der Waals surface area (Å²) in [6.45, 7) is 7.74. The SMILES string of the molecule is Cc1nc(COc2cccc(C(=O)Nc3nc(CN4CCCC(C)C4)cs3)c2)cs1. The molecule has 1 fully saturated rings. The van der Waals surface area contributed by atoms with Gasteiger partial charge in [-0.3, -0.25) is 15.0 Å². The number of nitrogens with zero attached hydrogens (tertiary/aromatic N) is 3. The van der Waals surface area contributed by atoms with Crippen LogP contribution in [0.3, 0.4) is 0 Å². The molecule has 158 valence electrons. The van der Waals surface area contributed by atoms with Gasteiger partial charge in [0.15, 0.2) is 5.13 Å². The zero-order chi connectivity index (χ0) is 20.9. The molecule has 30 heavy (non-hydrogen) atoms. The van der Waals surface area contributed by atoms with Gasteiger partial charge in [-0.05, 0) is 50.4 Å². The summed E-state index contributed by atoms with van der Waals surface area (Å²) >= 11 is 3.07. The Hall–Kier alpha value is -2.29. The predicted molar refractivity (Wildman–Crippen MR) is 121 cm³/mol. The minimum Gasteiger partial charge on any atom is -0.487 e. The summed E-state index contributed by atoms with van der Waals surface area (Å²) in [6, 6.07) is 7.19. The molecule has 1 amide bonds. The number of aromatic nitrogens is 2. The fourth-order valence-corrected chi connectivity index (χ4v) is 4.92. The van der Waals surface area contributed by atoms with Gasteiger partial charge in [-0.1, -0.05) is 13.0 Å². The second kappa shape index (κ2) is 9.68. The number of piperidine rings is 1. The number of ether oxygens (including phenoxy) is 1. The van der Waals surface area contributed by atoms with Crippen LogP contribution < -0.4 is 10.1 Å². The lowest BCUT2D eigenvalue weighted by atomic mass is 10.0. The summed E-state index contributed by atoms with van der Waals surface area (Å²) < 4.78 is 5.79. The normalized spacial score (nSPS) is 17.1. The number of aryl methyl sites for hydroxylation is 1. The third-order valence-electron chi connectivity index (χ3n) is 5.05. The predicted octanol–water partition coefficient (Wildman–Crippen LogP) is 4.97. The molecule has 0 saturated carbocycles. The molecule has 3 aromatic rings. The Morgan fingerprint density at radius 3 is 2.93 bits per heavy atom. The summed E-state index contributed by atoms with van der Waals surface area (Å²) in [6.07, 6.45) is 2.55. The van der Waals surface area contributed by atoms with Crippen molar-refractivity contribution in [3.63, 3.8) is 0 Å². The molecule has 0 radical (unpaired) electrons. The molecule has 2 aromatic heterocycles. The van der Waals surface area contributed by atoms with Gasteiger partial charge in [0.1, 0.15) is 12.4 Å². The molecule has 1 aliphatic heterocycles. The lowest BCUT2D eigenvalue weighted by molar-refractivity contribution is 0.102. The molecule has 1 N–H and O–H groups in total. The average molecular weight is 443 g/mol. The van der Waals surface area contributed by atoms with Gasteiger partial charge < -0.3 is 4.74 Å². The number of likely N-dealkylation sites (tertiary alicyclic amines) is 1. The van der Waals surface area contributed by atoms with E-state index in [0.717, 1.165) is 41.9 Å². The Labute approximate surface area is 184 Å². The molecular weight excluding hydrogens is 416 g/mol. The van der Waals surface area contributed by atoms with Gasteiger partial charge in [0, 0.05) is 29.4 Å². The van der Waals surface area contributed by atoms with E-state index in [0.29, 0.717) is 23.1 Å². The van der Waals surface area contributed by atoms with Crippen molar-refractivity contribution in [2.45, 2.75) is 39.8 Å². The van der Waals surface area contributed by atoms with Crippen molar-refractivity contribution >= 4 is 33.7 Å². The molecule has 3 heterocycles. The van der Waals surface area contributed by atoms with Crippen LogP contribution in [0.25, 0.3) is 0 Å². The van der Waals surface area contributed by atoms with Crippen LogP contribution in [-0.4, -0.2) is 33.9 Å². The first-order chi connectivity index (χ1) is 14.5. The van der Waals surface area contributed by atoms with E-state index in [9.17, 15) is 4.79 Å². The van der Waals surface area contributed by atoms with Crippen molar-refractivity contribution < 1.29 is 9.53 Å². The van der Waals surface area contributed by atoms with Crippen LogP contribution in [-0.2, 0) is 13.2 Å². The summed E-state index contributed by atoms with van der Waals surface area (Å²) in [5, 5.41) is 8.57. The first-order valence-electron chi connectivity index (χ1n) is 10.2. The third-order valence-corrected chi connectivity index (χ3v) is 6.68. The second-order valence-corrected chi connectivity index (χ2v) is 9.68. The number of carbonyl (C=O) groups excluding carboxylic acids is 1. The molecule has 0 bridgehead atoms. The highest BCUT2D eigenvalue weighted by atomic mass is 32.1. The lowest BCUT2D eigenvalue weighted by Gasteiger charge is -2.30. The largest absolute Gasteiger partial charge is 0.487 e. The highest BCUT2D eigenvalue weighted by Crippen LogP contribution is 2.22. The molecule has 4 rings (SSSR count). The van der Waals surface area contributed by atoms with E-state index in [-0.39, 0.29) is 5.91 Å². The number of carbonyl (C=O) groups is 1. The lowest BCUT2D eigenvalue weighted by Crippen LogP contribution is -2.33. The first-order valence-corrected chi connectivity index (χ1v) is 11.9. The van der Waals surface area contributed by atoms with Crippen molar-refractivity contribution in [3.8, 4) is 5.75 Å². The Kier molecular flexibility index (Phi) is 6.76. The smallest absolute Gasteiger partial charge is 0.257 e. The van der Waals surface area contributed by atoms with E-state index >= 15 is 0 Å². The molecule has 8 heteroatoms. The Morgan fingerprint density at radius 1 is 1.27 bits per heavy atom. The van der Waals surface area contributed by atoms with E-state index < -0.39 is 0 Å². The molecule has 0 aliphatic carbocycles. The van der Waals surface area contributed by atoms with Gasteiger partial charge in [0.05, 0.1) is 16.4 Å². The summed E-state index contributed by atoms with van der Waals surface area (Å²) in [5.41, 5.74) is 2.45. The van der Waals surface area contributed by atoms with Gasteiger partial charge in [0.25, 0.3) is 5.91 Å². The third kappa shape index (κ3) is 5.65. The number of nitrogens with one attached hydrogen (secondary N) is 1. The van der Waals surface area contributed by atoms with Crippen LogP contribution in [0, 0.1) is 12.8 Å². The molecular formula is C22H26N4O2S2. The molecule has 1 atom stereocenters. The van der Waals surface area contributed by atoms with Crippen molar-refractivity contribution in [3.05, 3.63) is 57.0 Å². The van der Waals surface area contributed by atoms with Crippen molar-refractivity contribution in [1.82, 2.24) is 14.9 Å². The second-order valence-electron chi connectivity index (χ2n) is 7.76. The number of thiazole rings is 2. The number of amides is 1. The van der Waals surface area contributed by atoms with Gasteiger partial charge >= 0.3 is 0 Å². The highest BCUT2D eigenvalue weighted by molar-refractivity contribution is 7.14. The topological polar surface area (TPSA) is 67.3 Å². The molecule has 1 unspecified atom stereocenters. The van der Waals surface area contributed by atoms with Crippen molar-refractivity contribution in [2.75, 3.05) is 18.4 Å². The highest BCUT2D eigenvalue weighted by Gasteiger charge is 2.18. The summed E-state index contributed by atoms with van der Waals surface area (Å²) in [7, 11) is 0. The van der Waals surface area contributed by atoms with Crippen LogP contribution in [0.2, 0.25) is 0 Å². The Bertz CT molecular complexity index is 1000. The molecule has 6 nitrogen and oxygen atoms in total. The monoisotopic (exact) mass is 442 g/mol. The Balaban J connectivity index is 1.33. The number of benzene rings is 1. The maximum absolute atomic E-state index is 12.7. The van der Waals surface area contributed by atoms with Crippen LogP contribution in [0.5, 0.6) is 5.75 Å². The maximum Gasteiger partial charge on any atom is 0.257 e. The van der Waals surface area contributed by atoms with Gasteiger partial charge in [0.2, 0.25) is 0 Å². The van der Waals surface area contributed by atoms with E-state index in [1.807, 2.05) is 29.8 Å². The van der Waals surface area contributed by atoms with Crippen LogP contribution in [0.4, 0.5) is 5.13 Å². The van der Waals surface area contributed by atoms with Crippen LogP contribution >= 0.6 is 22.7 Å². The fourth-order valence-electron chi connectivity index (χ4n) is 3.62. The van der Waals surface area contributed by atoms with E-state index in [1.165, 1.54) is 24.2 Å². The van der Waals surface area contributed by atoms with Gasteiger partial charge in [-0.15, -0.1) is 22.7 Å². The number of hydrogen-bond acceptors (Lipinski definition) is 7. The molecule has 1 saturated heterocycles. The van der Waals surface area contributed by atoms with Crippen LogP contribution in [0.15, 0.2) is 35.0 Å². The van der Waals surface area contributed by atoms with E-state index in [1.54, 1.807) is 23.5 Å². The van der Waals surface area contributed by atoms with E-state index in [4.69, 9.17) is 4.74 Å². The molecule has 0 spiro atoms. The fraction of sp³-hybridized carbons (Fsp3) is 0.409. The number of hydrogen-bond donors (Lipinski definition) is 1.